The second-order valence-electron chi connectivity index (χ2n) is 4.13. The highest BCUT2D eigenvalue weighted by Crippen LogP contribution is 2.34. The van der Waals surface area contributed by atoms with Crippen LogP contribution in [0.4, 0.5) is 0 Å². The molecule has 6 heteroatoms. The predicted octanol–water partition coefficient (Wildman–Crippen LogP) is 1.93. The molecule has 2 aromatic rings. The summed E-state index contributed by atoms with van der Waals surface area (Å²) < 4.78 is 21.3. The van der Waals surface area contributed by atoms with Crippen LogP contribution in [0.1, 0.15) is 0 Å². The quantitative estimate of drug-likeness (QED) is 0.852. The lowest BCUT2D eigenvalue weighted by Crippen LogP contribution is -2.15. The molecule has 0 spiro atoms. The highest BCUT2D eigenvalue weighted by molar-refractivity contribution is 5.62. The number of nitrogens with zero attached hydrogens (tertiary/aromatic N) is 2. The maximum absolute atomic E-state index is 5.56. The number of benzene rings is 1. The Labute approximate surface area is 116 Å². The van der Waals surface area contributed by atoms with Crippen molar-refractivity contribution in [3.63, 3.8) is 0 Å². The number of hydrogen-bond donors (Lipinski definition) is 0. The van der Waals surface area contributed by atoms with Crippen molar-refractivity contribution in [1.82, 2.24) is 9.97 Å². The molecule has 0 atom stereocenters. The molecular weight excluding hydrogens is 260 g/mol. The Hall–Kier alpha value is -2.50. The summed E-state index contributed by atoms with van der Waals surface area (Å²) in [7, 11) is 3.10. The highest BCUT2D eigenvalue weighted by Gasteiger charge is 2.14. The molecule has 0 N–H and O–H groups in total. The van der Waals surface area contributed by atoms with Gasteiger partial charge in [-0.15, -0.1) is 0 Å². The second-order valence-corrected chi connectivity index (χ2v) is 4.13. The smallest absolute Gasteiger partial charge is 0.220 e. The third-order valence-corrected chi connectivity index (χ3v) is 2.90. The van der Waals surface area contributed by atoms with Crippen molar-refractivity contribution in [3.05, 3.63) is 24.3 Å². The first-order valence-corrected chi connectivity index (χ1v) is 6.17. The summed E-state index contributed by atoms with van der Waals surface area (Å²) in [5, 5.41) is 0. The van der Waals surface area contributed by atoms with Crippen LogP contribution >= 0.6 is 0 Å². The van der Waals surface area contributed by atoms with Gasteiger partial charge in [0.2, 0.25) is 11.8 Å². The largest absolute Gasteiger partial charge is 0.486 e. The molecule has 0 radical (unpaired) electrons. The van der Waals surface area contributed by atoms with E-state index in [-0.39, 0.29) is 0 Å². The normalized spacial score (nSPS) is 12.9. The zero-order valence-electron chi connectivity index (χ0n) is 11.3. The van der Waals surface area contributed by atoms with Crippen molar-refractivity contribution in [3.8, 4) is 34.6 Å². The van der Waals surface area contributed by atoms with E-state index in [1.807, 2.05) is 18.2 Å². The molecule has 1 aromatic heterocycles. The summed E-state index contributed by atoms with van der Waals surface area (Å²) in [6.07, 6.45) is 0. The van der Waals surface area contributed by atoms with Gasteiger partial charge in [0.25, 0.3) is 0 Å². The van der Waals surface area contributed by atoms with Crippen molar-refractivity contribution >= 4 is 0 Å². The van der Waals surface area contributed by atoms with E-state index >= 15 is 0 Å². The third kappa shape index (κ3) is 2.32. The van der Waals surface area contributed by atoms with Gasteiger partial charge in [-0.25, -0.2) is 0 Å². The molecule has 20 heavy (non-hydrogen) atoms. The van der Waals surface area contributed by atoms with Crippen LogP contribution < -0.4 is 18.9 Å². The van der Waals surface area contributed by atoms with E-state index in [1.54, 1.807) is 20.3 Å². The average Bonchev–Trinajstić information content (AvgIpc) is 2.53. The highest BCUT2D eigenvalue weighted by atomic mass is 16.6. The number of fused-ring (bicyclic) bond motifs is 1. The Kier molecular flexibility index (Phi) is 3.28. The van der Waals surface area contributed by atoms with Crippen molar-refractivity contribution in [2.24, 2.45) is 0 Å². The third-order valence-electron chi connectivity index (χ3n) is 2.90. The molecule has 104 valence electrons. The molecular formula is C14H14N2O4. The molecule has 0 saturated heterocycles. The molecule has 0 unspecified atom stereocenters. The van der Waals surface area contributed by atoms with Gasteiger partial charge in [0.05, 0.1) is 20.3 Å². The fraction of sp³-hybridized carbons (Fsp3) is 0.286. The van der Waals surface area contributed by atoms with Gasteiger partial charge in [-0.2, -0.15) is 9.97 Å². The Morgan fingerprint density at radius 1 is 0.900 bits per heavy atom. The predicted molar refractivity (Wildman–Crippen MR) is 71.6 cm³/mol. The molecule has 1 aromatic carbocycles. The van der Waals surface area contributed by atoms with Gasteiger partial charge in [0, 0.05) is 5.56 Å². The Morgan fingerprint density at radius 2 is 1.55 bits per heavy atom. The average molecular weight is 274 g/mol. The Morgan fingerprint density at radius 3 is 2.20 bits per heavy atom. The van der Waals surface area contributed by atoms with Crippen LogP contribution in [0.25, 0.3) is 11.4 Å². The van der Waals surface area contributed by atoms with E-state index in [0.717, 1.165) is 11.3 Å². The van der Waals surface area contributed by atoms with E-state index in [2.05, 4.69) is 9.97 Å². The van der Waals surface area contributed by atoms with Gasteiger partial charge in [0.1, 0.15) is 13.2 Å². The van der Waals surface area contributed by atoms with E-state index in [0.29, 0.717) is 36.5 Å². The topological polar surface area (TPSA) is 62.7 Å². The lowest BCUT2D eigenvalue weighted by molar-refractivity contribution is 0.171. The van der Waals surface area contributed by atoms with Crippen LogP contribution in [-0.2, 0) is 0 Å². The first kappa shape index (κ1) is 12.5. The van der Waals surface area contributed by atoms with Crippen LogP contribution in [-0.4, -0.2) is 37.4 Å². The van der Waals surface area contributed by atoms with Crippen LogP contribution in [0.2, 0.25) is 0 Å². The maximum Gasteiger partial charge on any atom is 0.220 e. The molecule has 0 amide bonds. The minimum absolute atomic E-state index is 0.446. The second kappa shape index (κ2) is 5.24. The van der Waals surface area contributed by atoms with Crippen molar-refractivity contribution in [2.45, 2.75) is 0 Å². The minimum atomic E-state index is 0.446. The first-order valence-electron chi connectivity index (χ1n) is 6.17. The molecule has 2 heterocycles. The van der Waals surface area contributed by atoms with Gasteiger partial charge in [0.15, 0.2) is 17.3 Å². The van der Waals surface area contributed by atoms with Gasteiger partial charge in [-0.3, -0.25) is 0 Å². The standard InChI is InChI=1S/C14H14N2O4/c1-17-12-8-13(18-2)16-14(15-12)9-3-4-10-11(7-9)20-6-5-19-10/h3-4,7-8H,5-6H2,1-2H3. The Balaban J connectivity index is 2.03. The first-order chi connectivity index (χ1) is 9.80. The fourth-order valence-electron chi connectivity index (χ4n) is 1.92. The van der Waals surface area contributed by atoms with Gasteiger partial charge in [-0.05, 0) is 18.2 Å². The number of rotatable bonds is 3. The van der Waals surface area contributed by atoms with Crippen LogP contribution in [0.5, 0.6) is 23.3 Å². The molecule has 1 aliphatic heterocycles. The molecule has 1 aliphatic rings. The van der Waals surface area contributed by atoms with Gasteiger partial charge >= 0.3 is 0 Å². The zero-order valence-corrected chi connectivity index (χ0v) is 11.3. The van der Waals surface area contributed by atoms with Gasteiger partial charge in [-0.1, -0.05) is 0 Å². The molecule has 3 rings (SSSR count). The van der Waals surface area contributed by atoms with Crippen LogP contribution in [0, 0.1) is 0 Å². The fourth-order valence-corrected chi connectivity index (χ4v) is 1.92. The SMILES string of the molecule is COc1cc(OC)nc(-c2ccc3c(c2)OCCO3)n1. The molecule has 0 fully saturated rings. The maximum atomic E-state index is 5.56. The molecule has 0 bridgehead atoms. The van der Waals surface area contributed by atoms with Crippen molar-refractivity contribution < 1.29 is 18.9 Å². The lowest BCUT2D eigenvalue weighted by Gasteiger charge is -2.18. The van der Waals surface area contributed by atoms with Crippen molar-refractivity contribution in [2.75, 3.05) is 27.4 Å². The monoisotopic (exact) mass is 274 g/mol. The number of aromatic nitrogens is 2. The summed E-state index contributed by atoms with van der Waals surface area (Å²) in [5.74, 6) is 2.83. The van der Waals surface area contributed by atoms with Gasteiger partial charge < -0.3 is 18.9 Å². The van der Waals surface area contributed by atoms with Crippen LogP contribution in [0.3, 0.4) is 0 Å². The summed E-state index contributed by atoms with van der Waals surface area (Å²) in [5.41, 5.74) is 0.812. The number of hydrogen-bond acceptors (Lipinski definition) is 6. The molecule has 6 nitrogen and oxygen atoms in total. The van der Waals surface area contributed by atoms with E-state index in [9.17, 15) is 0 Å². The molecule has 0 saturated carbocycles. The number of methoxy groups -OCH3 is 2. The van der Waals surface area contributed by atoms with Crippen LogP contribution in [0.15, 0.2) is 24.3 Å². The summed E-state index contributed by atoms with van der Waals surface area (Å²) in [4.78, 5) is 8.62. The summed E-state index contributed by atoms with van der Waals surface area (Å²) in [6.45, 7) is 1.11. The molecule has 0 aliphatic carbocycles. The lowest BCUT2D eigenvalue weighted by atomic mass is 10.2. The minimum Gasteiger partial charge on any atom is -0.486 e. The van der Waals surface area contributed by atoms with E-state index < -0.39 is 0 Å². The summed E-state index contributed by atoms with van der Waals surface area (Å²) >= 11 is 0. The van der Waals surface area contributed by atoms with E-state index in [4.69, 9.17) is 18.9 Å². The zero-order chi connectivity index (χ0) is 13.9. The number of ether oxygens (including phenoxy) is 4. The Bertz CT molecular complexity index is 608. The van der Waals surface area contributed by atoms with E-state index in [1.165, 1.54) is 0 Å². The van der Waals surface area contributed by atoms with Crippen molar-refractivity contribution in [1.29, 1.82) is 0 Å². The summed E-state index contributed by atoms with van der Waals surface area (Å²) in [6, 6.07) is 7.20.